The maximum Gasteiger partial charge on any atom is 0.503 e. The molecular weight excluding hydrogens is 276 g/mol. The Bertz CT molecular complexity index is 170. The van der Waals surface area contributed by atoms with Gasteiger partial charge in [-0.25, -0.2) is 4.79 Å². The van der Waals surface area contributed by atoms with E-state index in [1.54, 1.807) is 23.5 Å². The number of hydrogen-bond donors (Lipinski definition) is 4. The molecule has 0 aromatic carbocycles. The van der Waals surface area contributed by atoms with E-state index in [0.29, 0.717) is 0 Å². The van der Waals surface area contributed by atoms with Crippen molar-refractivity contribution in [2.45, 2.75) is 0 Å². The minimum atomic E-state index is -1.83. The summed E-state index contributed by atoms with van der Waals surface area (Å²) in [7, 11) is 0. The van der Waals surface area contributed by atoms with Crippen LogP contribution in [0.2, 0.25) is 0 Å². The van der Waals surface area contributed by atoms with E-state index < -0.39 is 6.16 Å². The molecule has 108 valence electrons. The predicted molar refractivity (Wildman–Crippen MR) is 79.9 cm³/mol. The molecule has 0 rings (SSSR count). The number of carbonyl (C=O) groups is 1. The average Bonchev–Trinajstić information content (AvgIpc) is 2.31. The third-order valence-electron chi connectivity index (χ3n) is 0.943. The van der Waals surface area contributed by atoms with Gasteiger partial charge >= 0.3 is 6.16 Å². The fourth-order valence-corrected chi connectivity index (χ4v) is 1.39. The lowest BCUT2D eigenvalue weighted by Crippen LogP contribution is -1.84. The predicted octanol–water partition coefficient (Wildman–Crippen LogP) is 2.02. The van der Waals surface area contributed by atoms with Gasteiger partial charge in [-0.3, -0.25) is 0 Å². The summed E-state index contributed by atoms with van der Waals surface area (Å²) in [5.74, 6) is 3.54. The first-order chi connectivity index (χ1) is 8.56. The van der Waals surface area contributed by atoms with Crippen molar-refractivity contribution in [3.8, 4) is 0 Å². The van der Waals surface area contributed by atoms with Crippen molar-refractivity contribution in [1.82, 2.24) is 0 Å². The summed E-state index contributed by atoms with van der Waals surface area (Å²) < 4.78 is 0. The van der Waals surface area contributed by atoms with Crippen molar-refractivity contribution in [3.05, 3.63) is 25.3 Å². The van der Waals surface area contributed by atoms with E-state index in [4.69, 9.17) is 25.2 Å². The van der Waals surface area contributed by atoms with Crippen molar-refractivity contribution in [2.75, 3.05) is 36.2 Å². The number of aliphatic hydroxyl groups excluding tert-OH is 2. The Morgan fingerprint density at radius 1 is 0.944 bits per heavy atom. The Morgan fingerprint density at radius 2 is 1.22 bits per heavy atom. The van der Waals surface area contributed by atoms with Gasteiger partial charge in [0, 0.05) is 23.0 Å². The first-order valence-electron chi connectivity index (χ1n) is 5.07. The lowest BCUT2D eigenvalue weighted by atomic mass is 10.8. The van der Waals surface area contributed by atoms with Gasteiger partial charge in [0.2, 0.25) is 0 Å². The Kier molecular flexibility index (Phi) is 31.6. The van der Waals surface area contributed by atoms with Gasteiger partial charge in [-0.2, -0.15) is 23.5 Å². The zero-order valence-corrected chi connectivity index (χ0v) is 12.0. The molecule has 0 bridgehead atoms. The molecule has 5 nitrogen and oxygen atoms in total. The summed E-state index contributed by atoms with van der Waals surface area (Å²) in [5.41, 5.74) is 0. The molecule has 0 aromatic rings. The highest BCUT2D eigenvalue weighted by Gasteiger charge is 1.78. The summed E-state index contributed by atoms with van der Waals surface area (Å²) in [6, 6.07) is 0. The van der Waals surface area contributed by atoms with E-state index in [1.807, 2.05) is 12.2 Å². The molecule has 0 heterocycles. The van der Waals surface area contributed by atoms with Crippen molar-refractivity contribution in [1.29, 1.82) is 0 Å². The van der Waals surface area contributed by atoms with Crippen LogP contribution in [0.15, 0.2) is 25.3 Å². The van der Waals surface area contributed by atoms with Gasteiger partial charge in [-0.1, -0.05) is 12.2 Å². The van der Waals surface area contributed by atoms with Crippen LogP contribution in [-0.4, -0.2) is 62.8 Å². The molecular formula is C11H22O5S2. The van der Waals surface area contributed by atoms with E-state index in [-0.39, 0.29) is 13.2 Å². The first kappa shape index (κ1) is 22.5. The van der Waals surface area contributed by atoms with Gasteiger partial charge in [0.05, 0.1) is 13.2 Å². The summed E-state index contributed by atoms with van der Waals surface area (Å²) in [4.78, 5) is 8.56. The van der Waals surface area contributed by atoms with Crippen LogP contribution in [0, 0.1) is 0 Å². The zero-order chi connectivity index (χ0) is 14.6. The Balaban J connectivity index is -0.000000196. The van der Waals surface area contributed by atoms with Crippen LogP contribution in [0.5, 0.6) is 0 Å². The molecule has 0 atom stereocenters. The fraction of sp³-hybridized carbons (Fsp3) is 0.545. The summed E-state index contributed by atoms with van der Waals surface area (Å²) in [6.07, 6.45) is 1.83. The maximum absolute atomic E-state index is 8.56. The maximum atomic E-state index is 8.56. The van der Waals surface area contributed by atoms with Crippen molar-refractivity contribution in [3.63, 3.8) is 0 Å². The van der Waals surface area contributed by atoms with Gasteiger partial charge < -0.3 is 20.4 Å². The van der Waals surface area contributed by atoms with Gasteiger partial charge in [0.15, 0.2) is 0 Å². The van der Waals surface area contributed by atoms with Crippen LogP contribution in [0.25, 0.3) is 0 Å². The quantitative estimate of drug-likeness (QED) is 0.402. The third kappa shape index (κ3) is 58.4. The molecule has 0 fully saturated rings. The van der Waals surface area contributed by atoms with Crippen LogP contribution in [0.3, 0.4) is 0 Å². The third-order valence-corrected chi connectivity index (χ3v) is 2.83. The molecule has 7 heteroatoms. The normalized spacial score (nSPS) is 8.11. The Morgan fingerprint density at radius 3 is 1.39 bits per heavy atom. The van der Waals surface area contributed by atoms with Crippen LogP contribution >= 0.6 is 23.5 Å². The average molecular weight is 298 g/mol. The highest BCUT2D eigenvalue weighted by Crippen LogP contribution is 1.96. The first-order valence-corrected chi connectivity index (χ1v) is 7.38. The highest BCUT2D eigenvalue weighted by molar-refractivity contribution is 7.99. The van der Waals surface area contributed by atoms with Crippen molar-refractivity contribution in [2.24, 2.45) is 0 Å². The molecule has 0 aliphatic rings. The molecule has 0 aromatic heterocycles. The van der Waals surface area contributed by atoms with E-state index in [1.165, 1.54) is 0 Å². The number of thioether (sulfide) groups is 2. The molecule has 0 radical (unpaired) electrons. The number of rotatable bonds is 8. The number of aliphatic hydroxyl groups is 2. The Hall–Kier alpha value is -0.630. The molecule has 0 unspecified atom stereocenters. The van der Waals surface area contributed by atoms with Crippen LogP contribution in [0.1, 0.15) is 0 Å². The van der Waals surface area contributed by atoms with Gasteiger partial charge in [-0.15, -0.1) is 13.2 Å². The van der Waals surface area contributed by atoms with E-state index in [0.717, 1.165) is 23.0 Å². The van der Waals surface area contributed by atoms with Gasteiger partial charge in [0.1, 0.15) is 0 Å². The molecule has 4 N–H and O–H groups in total. The zero-order valence-electron chi connectivity index (χ0n) is 10.3. The topological polar surface area (TPSA) is 98.0 Å². The smallest absolute Gasteiger partial charge is 0.450 e. The second-order valence-electron chi connectivity index (χ2n) is 2.46. The highest BCUT2D eigenvalue weighted by atomic mass is 32.2. The molecule has 0 aliphatic carbocycles. The minimum absolute atomic E-state index is 0.276. The molecule has 0 saturated carbocycles. The lowest BCUT2D eigenvalue weighted by Gasteiger charge is -1.88. The number of hydrogen-bond acceptors (Lipinski definition) is 5. The molecule has 0 aliphatic heterocycles. The monoisotopic (exact) mass is 298 g/mol. The summed E-state index contributed by atoms with van der Waals surface area (Å²) >= 11 is 3.37. The van der Waals surface area contributed by atoms with Crippen LogP contribution in [0.4, 0.5) is 4.79 Å². The van der Waals surface area contributed by atoms with Gasteiger partial charge in [-0.05, 0) is 0 Å². The van der Waals surface area contributed by atoms with E-state index in [9.17, 15) is 0 Å². The summed E-state index contributed by atoms with van der Waals surface area (Å²) in [6.45, 7) is 7.61. The molecule has 0 amide bonds. The fourth-order valence-electron chi connectivity index (χ4n) is 0.462. The minimum Gasteiger partial charge on any atom is -0.450 e. The standard InChI is InChI=1S/2C5H10OS.CH2O3/c2*1-2-4-7-5-3-6;2-1(3)4/h2*2,6H,1,3-5H2;(H2,2,3,4). The van der Waals surface area contributed by atoms with Crippen LogP contribution < -0.4 is 0 Å². The largest absolute Gasteiger partial charge is 0.503 e. The van der Waals surface area contributed by atoms with Crippen molar-refractivity contribution < 1.29 is 25.2 Å². The SMILES string of the molecule is C=CCSCCO.C=CCSCCO.O=C(O)O. The Labute approximate surface area is 117 Å². The second kappa shape index (κ2) is 25.3. The van der Waals surface area contributed by atoms with E-state index in [2.05, 4.69) is 13.2 Å². The summed E-state index contributed by atoms with van der Waals surface area (Å²) in [5, 5.41) is 30.4. The molecule has 0 saturated heterocycles. The number of carboxylic acid groups (broad SMARTS) is 2. The lowest BCUT2D eigenvalue weighted by molar-refractivity contribution is 0.137. The second-order valence-corrected chi connectivity index (χ2v) is 4.76. The van der Waals surface area contributed by atoms with E-state index >= 15 is 0 Å². The van der Waals surface area contributed by atoms with Crippen molar-refractivity contribution >= 4 is 29.7 Å². The molecule has 0 spiro atoms. The molecule has 18 heavy (non-hydrogen) atoms. The van der Waals surface area contributed by atoms with Gasteiger partial charge in [0.25, 0.3) is 0 Å². The van der Waals surface area contributed by atoms with Crippen LogP contribution in [-0.2, 0) is 0 Å².